The van der Waals surface area contributed by atoms with Gasteiger partial charge in [-0.15, -0.1) is 0 Å². The van der Waals surface area contributed by atoms with Crippen molar-refractivity contribution >= 4 is 11.8 Å². The third kappa shape index (κ3) is 4.58. The Bertz CT molecular complexity index is 849. The summed E-state index contributed by atoms with van der Waals surface area (Å²) in [5.41, 5.74) is 1.11. The van der Waals surface area contributed by atoms with Crippen LogP contribution in [0.2, 0.25) is 0 Å². The van der Waals surface area contributed by atoms with Crippen LogP contribution in [0.1, 0.15) is 46.5 Å². The van der Waals surface area contributed by atoms with Gasteiger partial charge in [0.15, 0.2) is 0 Å². The number of para-hydroxylation sites is 1. The molecule has 2 amide bonds. The first kappa shape index (κ1) is 19.4. The van der Waals surface area contributed by atoms with Crippen molar-refractivity contribution < 1.29 is 14.3 Å². The molecule has 2 aliphatic heterocycles. The van der Waals surface area contributed by atoms with E-state index in [1.165, 1.54) is 0 Å². The summed E-state index contributed by atoms with van der Waals surface area (Å²) in [7, 11) is 0. The minimum atomic E-state index is -0.0279. The molecule has 0 aliphatic carbocycles. The van der Waals surface area contributed by atoms with Crippen molar-refractivity contribution in [3.8, 4) is 5.75 Å². The number of likely N-dealkylation sites (tertiary alicyclic amines) is 2. The van der Waals surface area contributed by atoms with Gasteiger partial charge in [0.05, 0.1) is 12.2 Å². The van der Waals surface area contributed by atoms with Crippen LogP contribution in [0.3, 0.4) is 0 Å². The maximum absolute atomic E-state index is 12.8. The van der Waals surface area contributed by atoms with Gasteiger partial charge in [-0.25, -0.2) is 0 Å². The summed E-state index contributed by atoms with van der Waals surface area (Å²) in [5, 5.41) is 0. The highest BCUT2D eigenvalue weighted by molar-refractivity contribution is 5.97. The Balaban J connectivity index is 1.38. The number of rotatable bonds is 5. The van der Waals surface area contributed by atoms with Gasteiger partial charge in [0.1, 0.15) is 11.4 Å². The molecule has 152 valence electrons. The molecule has 0 saturated carbocycles. The van der Waals surface area contributed by atoms with Crippen LogP contribution in [0, 0.1) is 5.92 Å². The molecule has 0 spiro atoms. The number of amides is 2. The molecule has 2 aromatic rings. The molecule has 2 fully saturated rings. The summed E-state index contributed by atoms with van der Waals surface area (Å²) in [5.74, 6) is 0.901. The van der Waals surface area contributed by atoms with Crippen LogP contribution in [0.15, 0.2) is 48.7 Å². The molecule has 1 aromatic heterocycles. The highest BCUT2D eigenvalue weighted by atomic mass is 16.5. The predicted octanol–water partition coefficient (Wildman–Crippen LogP) is 3.25. The minimum Gasteiger partial charge on any atom is -0.492 e. The lowest BCUT2D eigenvalue weighted by molar-refractivity contribution is 0.0626. The van der Waals surface area contributed by atoms with Crippen LogP contribution >= 0.6 is 0 Å². The summed E-state index contributed by atoms with van der Waals surface area (Å²) < 4.78 is 6.09. The zero-order valence-electron chi connectivity index (χ0n) is 16.6. The van der Waals surface area contributed by atoms with Gasteiger partial charge in [0.2, 0.25) is 0 Å². The lowest BCUT2D eigenvalue weighted by Gasteiger charge is -2.32. The van der Waals surface area contributed by atoms with Crippen LogP contribution in [0.4, 0.5) is 0 Å². The molecule has 0 bridgehead atoms. The number of piperidine rings is 1. The van der Waals surface area contributed by atoms with E-state index >= 15 is 0 Å². The molecule has 1 aromatic carbocycles. The number of hydrogen-bond acceptors (Lipinski definition) is 4. The van der Waals surface area contributed by atoms with E-state index in [0.29, 0.717) is 30.2 Å². The fourth-order valence-corrected chi connectivity index (χ4v) is 4.10. The maximum Gasteiger partial charge on any atom is 0.272 e. The highest BCUT2D eigenvalue weighted by Crippen LogP contribution is 2.25. The van der Waals surface area contributed by atoms with E-state index in [1.54, 1.807) is 12.3 Å². The van der Waals surface area contributed by atoms with Crippen molar-refractivity contribution in [1.29, 1.82) is 0 Å². The number of pyridine rings is 1. The van der Waals surface area contributed by atoms with Gasteiger partial charge in [0.25, 0.3) is 11.8 Å². The summed E-state index contributed by atoms with van der Waals surface area (Å²) in [6.07, 6.45) is 5.73. The predicted molar refractivity (Wildman–Crippen MR) is 110 cm³/mol. The summed E-state index contributed by atoms with van der Waals surface area (Å²) >= 11 is 0. The van der Waals surface area contributed by atoms with Gasteiger partial charge >= 0.3 is 0 Å². The normalized spacial score (nSPS) is 19.2. The van der Waals surface area contributed by atoms with Crippen molar-refractivity contribution in [2.75, 3.05) is 32.8 Å². The van der Waals surface area contributed by atoms with Crippen LogP contribution in [0.5, 0.6) is 5.75 Å². The minimum absolute atomic E-state index is 0.0279. The Morgan fingerprint density at radius 1 is 0.931 bits per heavy atom. The van der Waals surface area contributed by atoms with Crippen molar-refractivity contribution in [1.82, 2.24) is 14.8 Å². The number of ether oxygens (including phenoxy) is 1. The Kier molecular flexibility index (Phi) is 6.08. The topological polar surface area (TPSA) is 62.7 Å². The summed E-state index contributed by atoms with van der Waals surface area (Å²) in [6, 6.07) is 12.9. The van der Waals surface area contributed by atoms with Crippen LogP contribution in [-0.2, 0) is 0 Å². The average Bonchev–Trinajstić information content (AvgIpc) is 3.33. The SMILES string of the molecule is O=C(c1ccccn1)N1CCCC(COc2ccccc2C(=O)N2CCCC2)C1. The monoisotopic (exact) mass is 393 g/mol. The molecular formula is C23H27N3O3. The fourth-order valence-electron chi connectivity index (χ4n) is 4.10. The number of carbonyl (C=O) groups excluding carboxylic acids is 2. The van der Waals surface area contributed by atoms with Gasteiger partial charge in [-0.1, -0.05) is 18.2 Å². The van der Waals surface area contributed by atoms with Gasteiger partial charge in [-0.3, -0.25) is 14.6 Å². The van der Waals surface area contributed by atoms with Crippen molar-refractivity contribution in [3.05, 3.63) is 59.9 Å². The zero-order chi connectivity index (χ0) is 20.1. The number of carbonyl (C=O) groups is 2. The molecule has 29 heavy (non-hydrogen) atoms. The molecule has 6 heteroatoms. The molecule has 0 N–H and O–H groups in total. The van der Waals surface area contributed by atoms with Crippen LogP contribution in [-0.4, -0.2) is 59.4 Å². The lowest BCUT2D eigenvalue weighted by atomic mass is 9.98. The third-order valence-corrected chi connectivity index (χ3v) is 5.68. The Morgan fingerprint density at radius 3 is 2.48 bits per heavy atom. The lowest BCUT2D eigenvalue weighted by Crippen LogP contribution is -2.42. The number of hydrogen-bond donors (Lipinski definition) is 0. The van der Waals surface area contributed by atoms with Gasteiger partial charge in [0, 0.05) is 38.3 Å². The smallest absolute Gasteiger partial charge is 0.272 e. The molecule has 4 rings (SSSR count). The Labute approximate surface area is 171 Å². The largest absolute Gasteiger partial charge is 0.492 e. The molecule has 0 radical (unpaired) electrons. The van der Waals surface area contributed by atoms with E-state index in [2.05, 4.69) is 4.98 Å². The van der Waals surface area contributed by atoms with Gasteiger partial charge < -0.3 is 14.5 Å². The quantitative estimate of drug-likeness (QED) is 0.782. The molecule has 2 saturated heterocycles. The van der Waals surface area contributed by atoms with Gasteiger partial charge in [-0.05, 0) is 49.9 Å². The number of nitrogens with zero attached hydrogens (tertiary/aromatic N) is 3. The number of benzene rings is 1. The second-order valence-electron chi connectivity index (χ2n) is 7.78. The van der Waals surface area contributed by atoms with Crippen LogP contribution in [0.25, 0.3) is 0 Å². The van der Waals surface area contributed by atoms with Crippen molar-refractivity contribution in [2.24, 2.45) is 5.92 Å². The van der Waals surface area contributed by atoms with E-state index in [1.807, 2.05) is 46.2 Å². The second-order valence-corrected chi connectivity index (χ2v) is 7.78. The maximum atomic E-state index is 12.8. The summed E-state index contributed by atoms with van der Waals surface area (Å²) in [4.78, 5) is 33.4. The summed E-state index contributed by atoms with van der Waals surface area (Å²) in [6.45, 7) is 3.53. The Morgan fingerprint density at radius 2 is 1.69 bits per heavy atom. The molecular weight excluding hydrogens is 366 g/mol. The van der Waals surface area contributed by atoms with Crippen LogP contribution < -0.4 is 4.74 Å². The standard InChI is InChI=1S/C23H27N3O3/c27-22(25-13-5-6-14-25)19-9-1-2-11-21(19)29-17-18-8-7-15-26(16-18)23(28)20-10-3-4-12-24-20/h1-4,9-12,18H,5-8,13-17H2. The molecule has 2 aliphatic rings. The molecule has 1 unspecified atom stereocenters. The fraction of sp³-hybridized carbons (Fsp3) is 0.435. The van der Waals surface area contributed by atoms with Crippen molar-refractivity contribution in [3.63, 3.8) is 0 Å². The first-order chi connectivity index (χ1) is 14.2. The molecule has 6 nitrogen and oxygen atoms in total. The van der Waals surface area contributed by atoms with Crippen molar-refractivity contribution in [2.45, 2.75) is 25.7 Å². The first-order valence-corrected chi connectivity index (χ1v) is 10.4. The molecule has 1 atom stereocenters. The van der Waals surface area contributed by atoms with Gasteiger partial charge in [-0.2, -0.15) is 0 Å². The zero-order valence-corrected chi connectivity index (χ0v) is 16.6. The van der Waals surface area contributed by atoms with E-state index in [-0.39, 0.29) is 17.7 Å². The van der Waals surface area contributed by atoms with E-state index in [9.17, 15) is 9.59 Å². The van der Waals surface area contributed by atoms with E-state index in [4.69, 9.17) is 4.74 Å². The van der Waals surface area contributed by atoms with E-state index in [0.717, 1.165) is 45.3 Å². The molecule has 3 heterocycles. The van der Waals surface area contributed by atoms with E-state index < -0.39 is 0 Å². The Hall–Kier alpha value is -2.89. The number of aromatic nitrogens is 1. The first-order valence-electron chi connectivity index (χ1n) is 10.4. The highest BCUT2D eigenvalue weighted by Gasteiger charge is 2.27. The average molecular weight is 393 g/mol. The third-order valence-electron chi connectivity index (χ3n) is 5.68. The second kappa shape index (κ2) is 9.07.